The zero-order valence-corrected chi connectivity index (χ0v) is 6.31. The standard InChI is InChI=1S/C6H4FNO2.CNO/c7-5-3-1-2-4-6(5)8(9)10;2-1-3/h1-4H;/q;-1. The average molecular weight is 183 g/mol. The molecule has 0 fully saturated rings. The highest BCUT2D eigenvalue weighted by Crippen LogP contribution is 2.14. The Morgan fingerprint density at radius 1 is 1.46 bits per heavy atom. The van der Waals surface area contributed by atoms with Crippen molar-refractivity contribution in [2.24, 2.45) is 0 Å². The van der Waals surface area contributed by atoms with E-state index >= 15 is 0 Å². The summed E-state index contributed by atoms with van der Waals surface area (Å²) < 4.78 is 12.4. The predicted molar refractivity (Wildman–Crippen MR) is 42.1 cm³/mol. The van der Waals surface area contributed by atoms with Gasteiger partial charge in [0.15, 0.2) is 0 Å². The fourth-order valence-electron chi connectivity index (χ4n) is 0.600. The molecule has 0 aliphatic heterocycles. The molecule has 0 aliphatic rings. The van der Waals surface area contributed by atoms with Crippen molar-refractivity contribution in [3.8, 4) is 0 Å². The molecule has 0 heterocycles. The van der Waals surface area contributed by atoms with Crippen LogP contribution in [0, 0.1) is 15.9 Å². The van der Waals surface area contributed by atoms with E-state index in [1.807, 2.05) is 0 Å². The normalized spacial score (nSPS) is 7.77. The zero-order chi connectivity index (χ0) is 10.3. The average Bonchev–Trinajstić information content (AvgIpc) is 2.06. The molecule has 0 spiro atoms. The summed E-state index contributed by atoms with van der Waals surface area (Å²) in [6.07, 6.45) is 0.500. The summed E-state index contributed by atoms with van der Waals surface area (Å²) in [4.78, 5) is 17.5. The van der Waals surface area contributed by atoms with Gasteiger partial charge in [-0.3, -0.25) is 14.9 Å². The van der Waals surface area contributed by atoms with Crippen LogP contribution in [0.25, 0.3) is 5.41 Å². The monoisotopic (exact) mass is 183 g/mol. The number of nitro groups is 1. The number of hydrogen-bond donors (Lipinski definition) is 0. The molecule has 0 unspecified atom stereocenters. The Morgan fingerprint density at radius 3 is 2.23 bits per heavy atom. The second-order valence-electron chi connectivity index (χ2n) is 1.80. The second kappa shape index (κ2) is 5.56. The number of hydrogen-bond acceptors (Lipinski definition) is 3. The Kier molecular flexibility index (Phi) is 4.68. The minimum Gasteiger partial charge on any atom is -0.724 e. The summed E-state index contributed by atoms with van der Waals surface area (Å²) in [5.74, 6) is -0.799. The third-order valence-corrected chi connectivity index (χ3v) is 1.05. The van der Waals surface area contributed by atoms with E-state index in [4.69, 9.17) is 10.2 Å². The van der Waals surface area contributed by atoms with Gasteiger partial charge >= 0.3 is 5.69 Å². The van der Waals surface area contributed by atoms with Crippen LogP contribution in [0.1, 0.15) is 0 Å². The van der Waals surface area contributed by atoms with Crippen molar-refractivity contribution in [2.45, 2.75) is 0 Å². The third kappa shape index (κ3) is 3.74. The first-order valence-electron chi connectivity index (χ1n) is 3.03. The molecule has 0 atom stereocenters. The number of carbonyl (C=O) groups excluding carboxylic acids is 1. The van der Waals surface area contributed by atoms with Gasteiger partial charge in [-0.2, -0.15) is 4.39 Å². The molecule has 0 aliphatic carbocycles. The van der Waals surface area contributed by atoms with Crippen LogP contribution >= 0.6 is 0 Å². The maximum atomic E-state index is 12.4. The van der Waals surface area contributed by atoms with E-state index in [2.05, 4.69) is 0 Å². The Balaban J connectivity index is 0.000000424. The van der Waals surface area contributed by atoms with Gasteiger partial charge < -0.3 is 5.41 Å². The van der Waals surface area contributed by atoms with E-state index in [9.17, 15) is 14.5 Å². The summed E-state index contributed by atoms with van der Waals surface area (Å²) in [6, 6.07) is 5.00. The number of nitro benzene ring substituents is 1. The van der Waals surface area contributed by atoms with Crippen LogP contribution in [-0.4, -0.2) is 11.0 Å². The molecular formula is C7H4FN2O3-. The highest BCUT2D eigenvalue weighted by Gasteiger charge is 2.09. The summed E-state index contributed by atoms with van der Waals surface area (Å²) in [6.45, 7) is 0. The number of benzene rings is 1. The zero-order valence-electron chi connectivity index (χ0n) is 6.31. The number of rotatable bonds is 1. The Labute approximate surface area is 72.5 Å². The van der Waals surface area contributed by atoms with Crippen LogP contribution in [0.2, 0.25) is 0 Å². The molecule has 6 heteroatoms. The molecule has 68 valence electrons. The Morgan fingerprint density at radius 2 is 1.92 bits per heavy atom. The number of nitrogens with zero attached hydrogens (tertiary/aromatic N) is 2. The minimum atomic E-state index is -0.799. The van der Waals surface area contributed by atoms with Crippen molar-refractivity contribution < 1.29 is 14.1 Å². The molecule has 1 aromatic carbocycles. The first-order chi connectivity index (χ1) is 6.13. The number of isocyanates is 1. The minimum absolute atomic E-state index is 0.484. The third-order valence-electron chi connectivity index (χ3n) is 1.05. The van der Waals surface area contributed by atoms with Crippen LogP contribution in [0.3, 0.4) is 0 Å². The van der Waals surface area contributed by atoms with E-state index in [0.717, 1.165) is 12.1 Å². The molecule has 1 rings (SSSR count). The van der Waals surface area contributed by atoms with Crippen molar-refractivity contribution in [3.63, 3.8) is 0 Å². The van der Waals surface area contributed by atoms with Gasteiger partial charge in [-0.1, -0.05) is 12.1 Å². The van der Waals surface area contributed by atoms with Crippen molar-refractivity contribution in [2.75, 3.05) is 0 Å². The molecular weight excluding hydrogens is 179 g/mol. The van der Waals surface area contributed by atoms with Gasteiger partial charge in [0.25, 0.3) is 0 Å². The summed E-state index contributed by atoms with van der Waals surface area (Å²) in [7, 11) is 0. The van der Waals surface area contributed by atoms with Gasteiger partial charge in [0.2, 0.25) is 5.82 Å². The molecule has 0 N–H and O–H groups in total. The highest BCUT2D eigenvalue weighted by atomic mass is 19.1. The molecule has 0 bridgehead atoms. The van der Waals surface area contributed by atoms with E-state index < -0.39 is 16.4 Å². The Bertz CT molecular complexity index is 334. The second-order valence-corrected chi connectivity index (χ2v) is 1.80. The van der Waals surface area contributed by atoms with Crippen molar-refractivity contribution >= 4 is 11.8 Å². The van der Waals surface area contributed by atoms with E-state index in [0.29, 0.717) is 6.08 Å². The predicted octanol–water partition coefficient (Wildman–Crippen LogP) is 1.63. The van der Waals surface area contributed by atoms with Crippen LogP contribution in [0.15, 0.2) is 24.3 Å². The lowest BCUT2D eigenvalue weighted by Crippen LogP contribution is -1.90. The maximum Gasteiger partial charge on any atom is 0.304 e. The van der Waals surface area contributed by atoms with Gasteiger partial charge in [0, 0.05) is 6.07 Å². The molecule has 1 aromatic rings. The largest absolute Gasteiger partial charge is 0.724 e. The Hall–Kier alpha value is -2.07. The van der Waals surface area contributed by atoms with E-state index in [1.54, 1.807) is 0 Å². The number of halogens is 1. The molecule has 0 radical (unpaired) electrons. The van der Waals surface area contributed by atoms with Gasteiger partial charge in [-0.15, -0.1) is 0 Å². The molecule has 0 saturated carbocycles. The maximum absolute atomic E-state index is 12.4. The van der Waals surface area contributed by atoms with E-state index in [1.165, 1.54) is 12.1 Å². The summed E-state index contributed by atoms with van der Waals surface area (Å²) in [5.41, 5.74) is -0.484. The van der Waals surface area contributed by atoms with Gasteiger partial charge in [0.05, 0.1) is 4.92 Å². The molecule has 0 amide bonds. The first kappa shape index (κ1) is 10.9. The van der Waals surface area contributed by atoms with Crippen molar-refractivity contribution in [1.82, 2.24) is 0 Å². The topological polar surface area (TPSA) is 82.5 Å². The van der Waals surface area contributed by atoms with Crippen LogP contribution in [0.5, 0.6) is 0 Å². The smallest absolute Gasteiger partial charge is 0.304 e. The highest BCUT2D eigenvalue weighted by molar-refractivity contribution is 5.36. The van der Waals surface area contributed by atoms with Crippen LogP contribution in [0.4, 0.5) is 10.1 Å². The van der Waals surface area contributed by atoms with Crippen LogP contribution < -0.4 is 0 Å². The first-order valence-corrected chi connectivity index (χ1v) is 3.03. The summed E-state index contributed by atoms with van der Waals surface area (Å²) in [5, 5.41) is 16.8. The van der Waals surface area contributed by atoms with E-state index in [-0.39, 0.29) is 0 Å². The lowest BCUT2D eigenvalue weighted by molar-refractivity contribution is -0.387. The lowest BCUT2D eigenvalue weighted by atomic mass is 10.3. The molecule has 5 nitrogen and oxygen atoms in total. The number of para-hydroxylation sites is 1. The van der Waals surface area contributed by atoms with Gasteiger partial charge in [0.1, 0.15) is 0 Å². The molecule has 13 heavy (non-hydrogen) atoms. The van der Waals surface area contributed by atoms with Gasteiger partial charge in [-0.05, 0) is 12.1 Å². The molecule has 0 aromatic heterocycles. The lowest BCUT2D eigenvalue weighted by Gasteiger charge is -1.89. The fourth-order valence-corrected chi connectivity index (χ4v) is 0.600. The fraction of sp³-hybridized carbons (Fsp3) is 0. The quantitative estimate of drug-likeness (QED) is 0.287. The van der Waals surface area contributed by atoms with Crippen molar-refractivity contribution in [1.29, 1.82) is 0 Å². The van der Waals surface area contributed by atoms with Crippen molar-refractivity contribution in [3.05, 3.63) is 45.6 Å². The molecule has 0 saturated heterocycles. The SMILES string of the molecule is O=[N+]([O-])c1ccccc1F.[N-]=C=O. The summed E-state index contributed by atoms with van der Waals surface area (Å²) >= 11 is 0. The van der Waals surface area contributed by atoms with Crippen LogP contribution in [-0.2, 0) is 4.79 Å². The van der Waals surface area contributed by atoms with Gasteiger partial charge in [-0.25, -0.2) is 0 Å².